The van der Waals surface area contributed by atoms with E-state index in [0.717, 1.165) is 26.1 Å². The fraction of sp³-hybridized carbons (Fsp3) is 0.950. The van der Waals surface area contributed by atoms with Gasteiger partial charge in [-0.1, -0.05) is 72.1 Å². The Morgan fingerprint density at radius 2 is 1.58 bits per heavy atom. The molecule has 0 aromatic carbocycles. The van der Waals surface area contributed by atoms with Gasteiger partial charge < -0.3 is 15.0 Å². The summed E-state index contributed by atoms with van der Waals surface area (Å²) < 4.78 is 5.36. The highest BCUT2D eigenvalue weighted by atomic mass is 16.5. The highest BCUT2D eigenvalue weighted by molar-refractivity contribution is 5.82. The molecule has 2 atom stereocenters. The predicted molar refractivity (Wildman–Crippen MR) is 101 cm³/mol. The molecule has 0 radical (unpaired) electrons. The van der Waals surface area contributed by atoms with E-state index in [1.165, 1.54) is 51.4 Å². The molecule has 1 N–H and O–H groups in total. The van der Waals surface area contributed by atoms with Crippen LogP contribution in [0.5, 0.6) is 0 Å². The number of nitrogens with one attached hydrogen (secondary N) is 1. The first-order valence-electron chi connectivity index (χ1n) is 10.3. The lowest BCUT2D eigenvalue weighted by atomic mass is 9.97. The number of unbranched alkanes of at least 4 members (excludes halogenated alkanes) is 7. The third-order valence-electron chi connectivity index (χ3n) is 5.20. The molecule has 1 amide bonds. The van der Waals surface area contributed by atoms with Crippen LogP contribution in [0, 0.1) is 5.92 Å². The van der Waals surface area contributed by atoms with Gasteiger partial charge in [-0.25, -0.2) is 0 Å². The van der Waals surface area contributed by atoms with Gasteiger partial charge in [0, 0.05) is 13.1 Å². The molecular weight excluding hydrogens is 300 g/mol. The summed E-state index contributed by atoms with van der Waals surface area (Å²) in [4.78, 5) is 14.7. The number of hydrogen-bond donors (Lipinski definition) is 1. The van der Waals surface area contributed by atoms with Gasteiger partial charge in [-0.2, -0.15) is 0 Å². The molecule has 0 spiro atoms. The van der Waals surface area contributed by atoms with Gasteiger partial charge in [0.15, 0.2) is 0 Å². The number of amides is 1. The quantitative estimate of drug-likeness (QED) is 0.515. The zero-order chi connectivity index (χ0) is 17.6. The van der Waals surface area contributed by atoms with Crippen molar-refractivity contribution in [3.63, 3.8) is 0 Å². The van der Waals surface area contributed by atoms with Gasteiger partial charge >= 0.3 is 0 Å². The molecule has 1 aliphatic rings. The first-order valence-corrected chi connectivity index (χ1v) is 10.3. The second-order valence-electron chi connectivity index (χ2n) is 7.23. The van der Waals surface area contributed by atoms with Crippen LogP contribution < -0.4 is 5.32 Å². The minimum absolute atomic E-state index is 0.0299. The van der Waals surface area contributed by atoms with Gasteiger partial charge in [0.05, 0.1) is 19.3 Å². The van der Waals surface area contributed by atoms with Crippen LogP contribution in [-0.4, -0.2) is 49.7 Å². The summed E-state index contributed by atoms with van der Waals surface area (Å²) in [6.07, 6.45) is 11.6. The predicted octanol–water partition coefficient (Wildman–Crippen LogP) is 3.99. The van der Waals surface area contributed by atoms with Crippen LogP contribution >= 0.6 is 0 Å². The lowest BCUT2D eigenvalue weighted by Gasteiger charge is -2.33. The third kappa shape index (κ3) is 8.48. The number of ether oxygens (including phenoxy) is 1. The molecule has 24 heavy (non-hydrogen) atoms. The first kappa shape index (κ1) is 21.4. The Bertz CT molecular complexity index is 317. The van der Waals surface area contributed by atoms with E-state index in [-0.39, 0.29) is 11.9 Å². The number of hydrogen-bond acceptors (Lipinski definition) is 3. The molecule has 1 unspecified atom stereocenters. The lowest BCUT2D eigenvalue weighted by Crippen LogP contribution is -2.53. The normalized spacial score (nSPS) is 17.7. The topological polar surface area (TPSA) is 41.6 Å². The summed E-state index contributed by atoms with van der Waals surface area (Å²) in [5, 5.41) is 3.55. The Morgan fingerprint density at radius 3 is 2.17 bits per heavy atom. The smallest absolute Gasteiger partial charge is 0.240 e. The Labute approximate surface area is 149 Å². The molecule has 1 aliphatic heterocycles. The first-order chi connectivity index (χ1) is 11.7. The van der Waals surface area contributed by atoms with E-state index >= 15 is 0 Å². The number of carbonyl (C=O) groups is 1. The summed E-state index contributed by atoms with van der Waals surface area (Å²) in [5.41, 5.74) is 0. The highest BCUT2D eigenvalue weighted by Crippen LogP contribution is 2.13. The molecule has 1 rings (SSSR count). The number of carbonyl (C=O) groups excluding carboxylic acids is 1. The molecule has 4 heteroatoms. The molecule has 0 aromatic rings. The van der Waals surface area contributed by atoms with Crippen LogP contribution in [0.3, 0.4) is 0 Å². The minimum atomic E-state index is -0.0299. The van der Waals surface area contributed by atoms with E-state index in [1.54, 1.807) is 0 Å². The Kier molecular flexibility index (Phi) is 12.2. The van der Waals surface area contributed by atoms with Gasteiger partial charge in [-0.05, 0) is 18.9 Å². The maximum Gasteiger partial charge on any atom is 0.240 e. The fourth-order valence-corrected chi connectivity index (χ4v) is 3.26. The van der Waals surface area contributed by atoms with Crippen molar-refractivity contribution in [1.82, 2.24) is 10.2 Å². The van der Waals surface area contributed by atoms with Crippen molar-refractivity contribution in [1.29, 1.82) is 0 Å². The van der Waals surface area contributed by atoms with E-state index in [9.17, 15) is 4.79 Å². The number of rotatable bonds is 13. The van der Waals surface area contributed by atoms with Crippen molar-refractivity contribution in [3.05, 3.63) is 0 Å². The van der Waals surface area contributed by atoms with E-state index in [2.05, 4.69) is 26.1 Å². The molecule has 4 nitrogen and oxygen atoms in total. The van der Waals surface area contributed by atoms with Crippen molar-refractivity contribution in [2.24, 2.45) is 5.92 Å². The average molecular weight is 341 g/mol. The zero-order valence-electron chi connectivity index (χ0n) is 16.3. The Hall–Kier alpha value is -0.610. The van der Waals surface area contributed by atoms with Crippen molar-refractivity contribution in [2.75, 3.05) is 32.8 Å². The molecule has 0 bridgehead atoms. The monoisotopic (exact) mass is 340 g/mol. The van der Waals surface area contributed by atoms with Gasteiger partial charge in [0.2, 0.25) is 5.91 Å². The second kappa shape index (κ2) is 13.7. The van der Waals surface area contributed by atoms with E-state index in [4.69, 9.17) is 4.74 Å². The second-order valence-corrected chi connectivity index (χ2v) is 7.23. The summed E-state index contributed by atoms with van der Waals surface area (Å²) in [5.74, 6) is 0.654. The van der Waals surface area contributed by atoms with Crippen LogP contribution in [0.4, 0.5) is 0 Å². The van der Waals surface area contributed by atoms with Crippen LogP contribution in [0.2, 0.25) is 0 Å². The van der Waals surface area contributed by atoms with Crippen LogP contribution in [0.1, 0.15) is 78.6 Å². The van der Waals surface area contributed by atoms with Crippen molar-refractivity contribution in [3.8, 4) is 0 Å². The summed E-state index contributed by atoms with van der Waals surface area (Å²) in [6.45, 7) is 10.4. The summed E-state index contributed by atoms with van der Waals surface area (Å²) >= 11 is 0. The van der Waals surface area contributed by atoms with E-state index in [0.29, 0.717) is 19.1 Å². The molecule has 0 saturated carbocycles. The van der Waals surface area contributed by atoms with Gasteiger partial charge in [-0.15, -0.1) is 0 Å². The van der Waals surface area contributed by atoms with Crippen LogP contribution in [0.15, 0.2) is 0 Å². The molecule has 1 heterocycles. The maximum absolute atomic E-state index is 12.8. The van der Waals surface area contributed by atoms with Crippen molar-refractivity contribution < 1.29 is 9.53 Å². The zero-order valence-corrected chi connectivity index (χ0v) is 16.3. The largest absolute Gasteiger partial charge is 0.378 e. The summed E-state index contributed by atoms with van der Waals surface area (Å²) in [6, 6.07) is -0.0299. The average Bonchev–Trinajstić information content (AvgIpc) is 2.63. The molecule has 1 saturated heterocycles. The highest BCUT2D eigenvalue weighted by Gasteiger charge is 2.28. The van der Waals surface area contributed by atoms with E-state index in [1.807, 2.05) is 4.90 Å². The minimum Gasteiger partial charge on any atom is -0.378 e. The molecule has 142 valence electrons. The third-order valence-corrected chi connectivity index (χ3v) is 5.20. The maximum atomic E-state index is 12.8. The molecule has 0 aromatic heterocycles. The van der Waals surface area contributed by atoms with Crippen molar-refractivity contribution in [2.45, 2.75) is 84.6 Å². The Morgan fingerprint density at radius 1 is 1.00 bits per heavy atom. The molecule has 1 fully saturated rings. The van der Waals surface area contributed by atoms with Crippen LogP contribution in [-0.2, 0) is 9.53 Å². The SMILES string of the molecule is CCCCCCCCCCN[C@H](C(=O)N1CCOCC1)C(C)CC. The van der Waals surface area contributed by atoms with Crippen LogP contribution in [0.25, 0.3) is 0 Å². The Balaban J connectivity index is 2.22. The van der Waals surface area contributed by atoms with E-state index < -0.39 is 0 Å². The standard InChI is InChI=1S/C20H40N2O2/c1-4-6-7-8-9-10-11-12-13-21-19(18(3)5-2)20(23)22-14-16-24-17-15-22/h18-19,21H,4-17H2,1-3H3/t18?,19-/m0/s1. The lowest BCUT2D eigenvalue weighted by molar-refractivity contribution is -0.138. The molecular formula is C20H40N2O2. The fourth-order valence-electron chi connectivity index (χ4n) is 3.26. The van der Waals surface area contributed by atoms with Crippen molar-refractivity contribution >= 4 is 5.91 Å². The van der Waals surface area contributed by atoms with Gasteiger partial charge in [0.25, 0.3) is 0 Å². The van der Waals surface area contributed by atoms with Gasteiger partial charge in [-0.3, -0.25) is 4.79 Å². The number of nitrogens with zero attached hydrogens (tertiary/aromatic N) is 1. The van der Waals surface area contributed by atoms with Gasteiger partial charge in [0.1, 0.15) is 0 Å². The summed E-state index contributed by atoms with van der Waals surface area (Å²) in [7, 11) is 0. The molecule has 0 aliphatic carbocycles. The number of morpholine rings is 1.